The average Bonchev–Trinajstić information content (AvgIpc) is 0.788. The molecule has 1 amide bonds. The van der Waals surface area contributed by atoms with Crippen molar-refractivity contribution in [2.75, 3.05) is 53.0 Å². The normalized spacial score (nSPS) is 46.4. The molecule has 2 bridgehead atoms. The van der Waals surface area contributed by atoms with Gasteiger partial charge in [-0.1, -0.05) is 98.9 Å². The number of hydrazine groups is 1. The van der Waals surface area contributed by atoms with Crippen LogP contribution in [0.3, 0.4) is 0 Å². The van der Waals surface area contributed by atoms with Crippen LogP contribution in [0.25, 0.3) is 0 Å². The number of amides is 1. The van der Waals surface area contributed by atoms with E-state index in [0.29, 0.717) is 26.2 Å². The predicted octanol–water partition coefficient (Wildman–Crippen LogP) is -4.84. The molecule has 4 unspecified atom stereocenters. The summed E-state index contributed by atoms with van der Waals surface area (Å²) in [5.41, 5.74) is 2.85. The van der Waals surface area contributed by atoms with Crippen LogP contribution in [0.5, 0.6) is 0 Å². The van der Waals surface area contributed by atoms with E-state index >= 15 is 0 Å². The SMILES string of the molecule is C[C@@H]1[C@H](O)[C@@H](C)/C=C/C=C/C=C/C=C/C=C/C=C/C=C/[C@H](OC2O[C@H](C)[C@@H](O)[C@H](NC[C@@]3(O)OC[C@@H](O)[C@@H](OC4O[C@H](CO)[C@@H](O)[C@H](O)[C@H]4O)[C@@H]3O)[C@@H]2O)CC2O[C@](O)(C[C@@H](O)C[C@@H](O)[C@H](O)CC[C@@H](O)C[C@@H](O)CC(=O)O[C@H]1C)C[C@H](O)C2C(=O)NN1CCN(C)CC1. The first-order chi connectivity index (χ1) is 44.4. The fourth-order valence-corrected chi connectivity index (χ4v) is 12.1. The Morgan fingerprint density at radius 2 is 1.22 bits per heavy atom. The van der Waals surface area contributed by atoms with Crippen molar-refractivity contribution in [2.24, 2.45) is 17.8 Å². The number of carbonyl (C=O) groups excluding carboxylic acids is 2. The highest BCUT2D eigenvalue weighted by atomic mass is 16.7. The lowest BCUT2D eigenvalue weighted by Gasteiger charge is -2.48. The molecule has 0 aliphatic carbocycles. The van der Waals surface area contributed by atoms with Crippen LogP contribution in [-0.2, 0) is 42.7 Å². The molecule has 28 atom stereocenters. The highest BCUT2D eigenvalue weighted by Gasteiger charge is 2.55. The molecule has 5 saturated heterocycles. The van der Waals surface area contributed by atoms with Crippen LogP contribution < -0.4 is 10.7 Å². The molecule has 30 heteroatoms. The van der Waals surface area contributed by atoms with Crippen LogP contribution in [0.4, 0.5) is 0 Å². The molecule has 0 aromatic rings. The van der Waals surface area contributed by atoms with Crippen LogP contribution in [0.1, 0.15) is 79.1 Å². The molecule has 6 rings (SSSR count). The summed E-state index contributed by atoms with van der Waals surface area (Å²) in [5, 5.41) is 193. The lowest BCUT2D eigenvalue weighted by molar-refractivity contribution is -0.368. The Morgan fingerprint density at radius 1 is 0.617 bits per heavy atom. The number of carbonyl (C=O) groups is 2. The van der Waals surface area contributed by atoms with E-state index in [1.165, 1.54) is 13.0 Å². The molecule has 0 radical (unpaired) electrons. The zero-order valence-electron chi connectivity index (χ0n) is 53.9. The molecular formula is C64H104N4O26. The highest BCUT2D eigenvalue weighted by Crippen LogP contribution is 2.39. The van der Waals surface area contributed by atoms with Crippen molar-refractivity contribution in [1.29, 1.82) is 0 Å². The van der Waals surface area contributed by atoms with Crippen LogP contribution in [0, 0.1) is 17.8 Å². The summed E-state index contributed by atoms with van der Waals surface area (Å²) < 4.78 is 40.9. The largest absolute Gasteiger partial charge is 0.462 e. The van der Waals surface area contributed by atoms with Crippen molar-refractivity contribution in [2.45, 2.75) is 231 Å². The standard InChI is InChI=1S/C64H104N4O26/c1-35-18-16-14-12-10-8-6-7-9-11-13-15-17-19-42(91-61-55(81)51(53(79)38(4)90-61)65-34-64(87)59(84)58(46(76)33-88-64)93-62-57(83)56(82)54(80)48(32-69)92-62)29-47-50(60(85)66-68-24-22-67(5)23-25-68)45(75)31-63(86,94-47)30-41(72)27-44(74)43(73)21-20-39(70)26-40(71)28-49(77)89-37(3)36(2)52(35)78/h6-19,35-48,50-59,61-62,65,69-76,78-84,86-87H,20-34H2,1-5H3,(H,66,85)/b7-6+,10-8+,11-9+,14-12+,15-13+,18-16+,19-17+/t35-,36-,37-,38+,39+,40+,41-,42-,43+,44+,45-,46+,47?,48+,50?,51-,52+,53+,54+,55-,56-,57+,58+,59-,61?,62?,63+,64+/m0/s1. The van der Waals surface area contributed by atoms with Crippen molar-refractivity contribution in [3.05, 3.63) is 85.1 Å². The minimum atomic E-state index is -2.67. The van der Waals surface area contributed by atoms with Crippen LogP contribution >= 0.6 is 0 Å². The molecule has 0 aromatic carbocycles. The van der Waals surface area contributed by atoms with Gasteiger partial charge in [-0.15, -0.1) is 0 Å². The maximum atomic E-state index is 14.4. The number of nitrogens with one attached hydrogen (secondary N) is 2. The van der Waals surface area contributed by atoms with E-state index in [9.17, 15) is 96.4 Å². The number of cyclic esters (lactones) is 1. The van der Waals surface area contributed by atoms with Gasteiger partial charge in [-0.25, -0.2) is 5.01 Å². The number of aliphatic hydroxyl groups is 17. The minimum Gasteiger partial charge on any atom is -0.462 e. The molecule has 19 N–H and O–H groups in total. The zero-order valence-corrected chi connectivity index (χ0v) is 53.9. The number of fused-ring (bicyclic) bond motifs is 2. The molecule has 6 heterocycles. The average molecular weight is 1350 g/mol. The Bertz CT molecular complexity index is 2520. The molecule has 6 aliphatic rings. The summed E-state index contributed by atoms with van der Waals surface area (Å²) >= 11 is 0. The summed E-state index contributed by atoms with van der Waals surface area (Å²) in [6.45, 7) is 6.32. The summed E-state index contributed by atoms with van der Waals surface area (Å²) in [4.78, 5) is 29.3. The number of esters is 1. The molecule has 536 valence electrons. The number of aliphatic hydroxyl groups excluding tert-OH is 15. The second kappa shape index (κ2) is 37.3. The van der Waals surface area contributed by atoms with Crippen molar-refractivity contribution in [3.8, 4) is 0 Å². The summed E-state index contributed by atoms with van der Waals surface area (Å²) in [6, 6.07) is -1.47. The third-order valence-corrected chi connectivity index (χ3v) is 18.1. The Hall–Kier alpha value is -3.92. The Morgan fingerprint density at radius 3 is 1.85 bits per heavy atom. The number of likely N-dealkylation sites (N-methyl/N-ethyl adjacent to an activating group) is 1. The van der Waals surface area contributed by atoms with Gasteiger partial charge in [0.05, 0.1) is 105 Å². The van der Waals surface area contributed by atoms with E-state index < -0.39 is 228 Å². The van der Waals surface area contributed by atoms with E-state index in [2.05, 4.69) is 15.6 Å². The number of nitrogens with zero attached hydrogens (tertiary/aromatic N) is 2. The number of piperazine rings is 1. The van der Waals surface area contributed by atoms with E-state index in [1.807, 2.05) is 14.0 Å². The maximum Gasteiger partial charge on any atom is 0.308 e. The van der Waals surface area contributed by atoms with Gasteiger partial charge in [0.15, 0.2) is 18.4 Å². The number of allylic oxidation sites excluding steroid dienone is 12. The number of hydrogen-bond donors (Lipinski definition) is 19. The van der Waals surface area contributed by atoms with Gasteiger partial charge in [0, 0.05) is 63.7 Å². The first-order valence-electron chi connectivity index (χ1n) is 32.3. The predicted molar refractivity (Wildman–Crippen MR) is 332 cm³/mol. The quantitative estimate of drug-likeness (QED) is 0.0913. The minimum absolute atomic E-state index is 0.153. The molecule has 94 heavy (non-hydrogen) atoms. The van der Waals surface area contributed by atoms with Gasteiger partial charge in [-0.3, -0.25) is 15.0 Å². The molecule has 30 nitrogen and oxygen atoms in total. The van der Waals surface area contributed by atoms with Crippen molar-refractivity contribution in [3.63, 3.8) is 0 Å². The third kappa shape index (κ3) is 22.8. The molecule has 0 saturated carbocycles. The lowest BCUT2D eigenvalue weighted by Crippen LogP contribution is -2.70. The number of hydrogen-bond acceptors (Lipinski definition) is 29. The lowest BCUT2D eigenvalue weighted by atomic mass is 9.82. The highest BCUT2D eigenvalue weighted by molar-refractivity contribution is 5.79. The smallest absolute Gasteiger partial charge is 0.308 e. The van der Waals surface area contributed by atoms with Gasteiger partial charge in [-0.05, 0) is 40.2 Å². The van der Waals surface area contributed by atoms with E-state index in [1.54, 1.807) is 97.8 Å². The van der Waals surface area contributed by atoms with Gasteiger partial charge in [0.1, 0.15) is 54.9 Å². The van der Waals surface area contributed by atoms with Gasteiger partial charge < -0.3 is 130 Å². The van der Waals surface area contributed by atoms with E-state index in [-0.39, 0.29) is 25.2 Å². The molecule has 0 spiro atoms. The van der Waals surface area contributed by atoms with Crippen molar-refractivity contribution >= 4 is 11.9 Å². The summed E-state index contributed by atoms with van der Waals surface area (Å²) in [5.74, 6) is -8.81. The fraction of sp³-hybridized carbons (Fsp3) is 0.750. The number of rotatable bonds is 10. The zero-order chi connectivity index (χ0) is 69.2. The Labute approximate surface area is 547 Å². The molecular weight excluding hydrogens is 1240 g/mol. The number of ether oxygens (including phenoxy) is 7. The first-order valence-corrected chi connectivity index (χ1v) is 32.3. The Kier molecular flexibility index (Phi) is 31.4. The fourth-order valence-electron chi connectivity index (χ4n) is 12.1. The van der Waals surface area contributed by atoms with Gasteiger partial charge in [-0.2, -0.15) is 0 Å². The first kappa shape index (κ1) is 79.1. The van der Waals surface area contributed by atoms with Gasteiger partial charge in [0.25, 0.3) is 0 Å². The third-order valence-electron chi connectivity index (χ3n) is 18.1. The van der Waals surface area contributed by atoms with Crippen molar-refractivity contribution < 1.29 is 130 Å². The summed E-state index contributed by atoms with van der Waals surface area (Å²) in [7, 11) is 1.92. The molecule has 0 aromatic heterocycles. The second-order valence-electron chi connectivity index (χ2n) is 25.8. The second-order valence-corrected chi connectivity index (χ2v) is 25.8. The van der Waals surface area contributed by atoms with Gasteiger partial charge in [0.2, 0.25) is 11.7 Å². The monoisotopic (exact) mass is 1340 g/mol. The van der Waals surface area contributed by atoms with Crippen LogP contribution in [0.2, 0.25) is 0 Å². The topological polar surface area (TPSA) is 473 Å². The van der Waals surface area contributed by atoms with Gasteiger partial charge >= 0.3 is 5.97 Å². The maximum absolute atomic E-state index is 14.4. The Balaban J connectivity index is 1.26. The molecule has 6 aliphatic heterocycles. The van der Waals surface area contributed by atoms with E-state index in [0.717, 1.165) is 0 Å². The summed E-state index contributed by atoms with van der Waals surface area (Å²) in [6.07, 6.45) is -13.6. The van der Waals surface area contributed by atoms with Crippen molar-refractivity contribution in [1.82, 2.24) is 20.7 Å². The van der Waals surface area contributed by atoms with Crippen LogP contribution in [0.15, 0.2) is 85.1 Å². The molecule has 5 fully saturated rings. The van der Waals surface area contributed by atoms with E-state index in [4.69, 9.17) is 33.2 Å². The van der Waals surface area contributed by atoms with Crippen LogP contribution in [-0.4, -0.2) is 314 Å².